The molecule has 0 rings (SSSR count). The molecule has 0 saturated carbocycles. The lowest BCUT2D eigenvalue weighted by Gasteiger charge is -2.09. The van der Waals surface area contributed by atoms with Crippen LogP contribution in [0.3, 0.4) is 0 Å². The molecule has 0 spiro atoms. The third-order valence-electron chi connectivity index (χ3n) is 4.15. The van der Waals surface area contributed by atoms with E-state index in [-0.39, 0.29) is 13.0 Å². The van der Waals surface area contributed by atoms with Gasteiger partial charge in [0.25, 0.3) is 5.78 Å². The van der Waals surface area contributed by atoms with Crippen molar-refractivity contribution < 1.29 is 27.5 Å². The van der Waals surface area contributed by atoms with Crippen molar-refractivity contribution in [1.29, 1.82) is 0 Å². The largest absolute Gasteiger partial charge is 0.462 e. The molecule has 28 heavy (non-hydrogen) atoms. The lowest BCUT2D eigenvalue weighted by molar-refractivity contribution is -0.168. The summed E-state index contributed by atoms with van der Waals surface area (Å²) in [7, 11) is 0. The Morgan fingerprint density at radius 3 is 2.07 bits per heavy atom. The Bertz CT molecular complexity index is 500. The zero-order valence-corrected chi connectivity index (χ0v) is 17.2. The molecule has 0 aliphatic rings. The van der Waals surface area contributed by atoms with Crippen molar-refractivity contribution >= 4 is 18.0 Å². The number of ketones is 1. The summed E-state index contributed by atoms with van der Waals surface area (Å²) in [6, 6.07) is 0. The van der Waals surface area contributed by atoms with E-state index in [1.165, 1.54) is 6.21 Å². The molecule has 7 heteroatoms. The topological polar surface area (TPSA) is 55.7 Å². The van der Waals surface area contributed by atoms with E-state index in [2.05, 4.69) is 18.8 Å². The number of allylic oxidation sites excluding steroid dienone is 1. The predicted octanol–water partition coefficient (Wildman–Crippen LogP) is 5.99. The van der Waals surface area contributed by atoms with Gasteiger partial charge in [-0.15, -0.1) is 0 Å². The molecule has 0 heterocycles. The molecule has 0 aromatic carbocycles. The molecule has 0 fully saturated rings. The fraction of sp³-hybridized carbons (Fsp3) is 0.762. The normalized spacial score (nSPS) is 12.5. The first-order valence-electron chi connectivity index (χ1n) is 10.3. The minimum Gasteiger partial charge on any atom is -0.462 e. The number of hydrogen-bond acceptors (Lipinski definition) is 4. The second-order valence-corrected chi connectivity index (χ2v) is 6.73. The van der Waals surface area contributed by atoms with E-state index in [1.54, 1.807) is 0 Å². The average Bonchev–Trinajstić information content (AvgIpc) is 2.64. The van der Waals surface area contributed by atoms with Crippen molar-refractivity contribution in [3.63, 3.8) is 0 Å². The van der Waals surface area contributed by atoms with Gasteiger partial charge in [0, 0.05) is 19.2 Å². The Balaban J connectivity index is 4.52. The summed E-state index contributed by atoms with van der Waals surface area (Å²) < 4.78 is 43.1. The Morgan fingerprint density at radius 2 is 1.46 bits per heavy atom. The summed E-state index contributed by atoms with van der Waals surface area (Å²) in [6.45, 7) is 4.79. The minimum absolute atomic E-state index is 0.0129. The number of nitrogens with zero attached hydrogens (tertiary/aromatic N) is 1. The Morgan fingerprint density at radius 1 is 0.893 bits per heavy atom. The minimum atomic E-state index is -5.11. The van der Waals surface area contributed by atoms with Crippen molar-refractivity contribution in [2.45, 2.75) is 90.7 Å². The van der Waals surface area contributed by atoms with Gasteiger partial charge in [0.2, 0.25) is 0 Å². The molecule has 0 aliphatic carbocycles. The Kier molecular flexibility index (Phi) is 15.3. The highest BCUT2D eigenvalue weighted by atomic mass is 19.4. The molecule has 0 atom stereocenters. The van der Waals surface area contributed by atoms with Crippen LogP contribution in [0.5, 0.6) is 0 Å². The van der Waals surface area contributed by atoms with E-state index < -0.39 is 23.5 Å². The molecule has 4 nitrogen and oxygen atoms in total. The summed E-state index contributed by atoms with van der Waals surface area (Å²) in [5.41, 5.74) is -0.962. The van der Waals surface area contributed by atoms with Crippen LogP contribution < -0.4 is 0 Å². The third-order valence-corrected chi connectivity index (χ3v) is 4.15. The van der Waals surface area contributed by atoms with E-state index in [0.29, 0.717) is 13.0 Å². The monoisotopic (exact) mass is 405 g/mol. The number of unbranched alkanes of at least 4 members (excludes halogenated alkanes) is 8. The molecule has 0 unspecified atom stereocenters. The van der Waals surface area contributed by atoms with Crippen LogP contribution in [-0.4, -0.2) is 37.3 Å². The summed E-state index contributed by atoms with van der Waals surface area (Å²) in [5.74, 6) is -3.39. The quantitative estimate of drug-likeness (QED) is 0.0791. The van der Waals surface area contributed by atoms with Crippen LogP contribution >= 0.6 is 0 Å². The lowest BCUT2D eigenvalue weighted by Crippen LogP contribution is -2.29. The van der Waals surface area contributed by atoms with Gasteiger partial charge in [0.15, 0.2) is 0 Å². The van der Waals surface area contributed by atoms with E-state index in [1.807, 2.05) is 0 Å². The van der Waals surface area contributed by atoms with E-state index in [0.717, 1.165) is 63.9 Å². The fourth-order valence-corrected chi connectivity index (χ4v) is 2.51. The third kappa shape index (κ3) is 13.5. The Labute approximate surface area is 166 Å². The van der Waals surface area contributed by atoms with Crippen molar-refractivity contribution in [1.82, 2.24) is 0 Å². The van der Waals surface area contributed by atoms with Crippen molar-refractivity contribution in [3.05, 3.63) is 11.6 Å². The van der Waals surface area contributed by atoms with Gasteiger partial charge in [0.05, 0.1) is 6.61 Å². The molecular formula is C21H34F3NO3. The Hall–Kier alpha value is -1.66. The first-order chi connectivity index (χ1) is 13.3. The van der Waals surface area contributed by atoms with Gasteiger partial charge in [0.1, 0.15) is 5.57 Å². The van der Waals surface area contributed by atoms with Gasteiger partial charge in [-0.3, -0.25) is 9.79 Å². The fourth-order valence-electron chi connectivity index (χ4n) is 2.51. The number of aliphatic imine (C=N–C) groups is 1. The number of ether oxygens (including phenoxy) is 1. The molecule has 0 amide bonds. The zero-order valence-electron chi connectivity index (χ0n) is 17.2. The highest BCUT2D eigenvalue weighted by Crippen LogP contribution is 2.22. The van der Waals surface area contributed by atoms with Gasteiger partial charge in [-0.1, -0.05) is 71.3 Å². The molecule has 0 aromatic heterocycles. The number of esters is 1. The van der Waals surface area contributed by atoms with Crippen LogP contribution in [0.4, 0.5) is 13.2 Å². The van der Waals surface area contributed by atoms with Crippen molar-refractivity contribution in [2.75, 3.05) is 13.2 Å². The number of carbonyl (C=O) groups is 2. The van der Waals surface area contributed by atoms with Crippen LogP contribution in [0.2, 0.25) is 0 Å². The highest BCUT2D eigenvalue weighted by molar-refractivity contribution is 6.19. The standard InChI is InChI=1S/C21H34F3NO3/c1-3-5-7-9-10-12-17-28-20(27)18(19(26)21(22,23)24)14-13-16-25-15-11-8-6-4-2/h14,16H,3-13,15,17H2,1-2H3. The molecule has 162 valence electrons. The van der Waals surface area contributed by atoms with Gasteiger partial charge in [-0.2, -0.15) is 13.2 Å². The van der Waals surface area contributed by atoms with Gasteiger partial charge < -0.3 is 4.74 Å². The van der Waals surface area contributed by atoms with E-state index >= 15 is 0 Å². The molecule has 0 bridgehead atoms. The smallest absolute Gasteiger partial charge is 0.455 e. The highest BCUT2D eigenvalue weighted by Gasteiger charge is 2.43. The van der Waals surface area contributed by atoms with Crippen molar-refractivity contribution in [2.24, 2.45) is 4.99 Å². The van der Waals surface area contributed by atoms with Gasteiger partial charge in [-0.05, 0) is 12.8 Å². The van der Waals surface area contributed by atoms with E-state index in [9.17, 15) is 22.8 Å². The molecule has 0 saturated heterocycles. The van der Waals surface area contributed by atoms with E-state index in [4.69, 9.17) is 4.74 Å². The number of carbonyl (C=O) groups excluding carboxylic acids is 2. The zero-order chi connectivity index (χ0) is 21.3. The van der Waals surface area contributed by atoms with Crippen LogP contribution in [0.1, 0.15) is 84.5 Å². The molecule has 0 radical (unpaired) electrons. The molecule has 0 aliphatic heterocycles. The van der Waals surface area contributed by atoms with Gasteiger partial charge >= 0.3 is 12.1 Å². The summed E-state index contributed by atoms with van der Waals surface area (Å²) in [4.78, 5) is 27.6. The second-order valence-electron chi connectivity index (χ2n) is 6.73. The lowest BCUT2D eigenvalue weighted by atomic mass is 10.1. The van der Waals surface area contributed by atoms with Gasteiger partial charge in [-0.25, -0.2) is 4.79 Å². The molecule has 0 N–H and O–H groups in total. The average molecular weight is 406 g/mol. The van der Waals surface area contributed by atoms with Crippen LogP contribution in [-0.2, 0) is 14.3 Å². The summed E-state index contributed by atoms with van der Waals surface area (Å²) >= 11 is 0. The first-order valence-corrected chi connectivity index (χ1v) is 10.3. The number of Topliss-reactive ketones (excluding diaryl/α,β-unsaturated/α-hetero) is 1. The number of alkyl halides is 3. The van der Waals surface area contributed by atoms with Crippen LogP contribution in [0.15, 0.2) is 16.6 Å². The number of hydrogen-bond donors (Lipinski definition) is 0. The maximum atomic E-state index is 12.7. The first kappa shape index (κ1) is 26.3. The summed E-state index contributed by atoms with van der Waals surface area (Å²) in [6.07, 6.45) is 7.16. The molecule has 0 aromatic rings. The predicted molar refractivity (Wildman–Crippen MR) is 106 cm³/mol. The van der Waals surface area contributed by atoms with Crippen LogP contribution in [0, 0.1) is 0 Å². The summed E-state index contributed by atoms with van der Waals surface area (Å²) in [5, 5.41) is 0. The molecular weight excluding hydrogens is 371 g/mol. The van der Waals surface area contributed by atoms with Crippen LogP contribution in [0.25, 0.3) is 0 Å². The maximum Gasteiger partial charge on any atom is 0.455 e. The SMILES string of the molecule is CCCCCCCCOC(=O)C(=CCC=NCCCCCC)C(=O)C(F)(F)F. The maximum absolute atomic E-state index is 12.7. The van der Waals surface area contributed by atoms with Crippen molar-refractivity contribution in [3.8, 4) is 0 Å². The number of halogens is 3. The number of rotatable bonds is 16. The second kappa shape index (κ2) is 16.3.